The lowest BCUT2D eigenvalue weighted by molar-refractivity contribution is -0.142. The van der Waals surface area contributed by atoms with Crippen LogP contribution in [0, 0.1) is 0 Å². The summed E-state index contributed by atoms with van der Waals surface area (Å²) in [4.78, 5) is 29.8. The van der Waals surface area contributed by atoms with Crippen molar-refractivity contribution in [2.24, 2.45) is 0 Å². The Morgan fingerprint density at radius 2 is 1.75 bits per heavy atom. The first-order valence-electron chi connectivity index (χ1n) is 11.2. The molecule has 1 amide bonds. The van der Waals surface area contributed by atoms with Gasteiger partial charge in [0.05, 0.1) is 12.0 Å². The van der Waals surface area contributed by atoms with Gasteiger partial charge in [0.1, 0.15) is 11.0 Å². The molecule has 190 valence electrons. The topological polar surface area (TPSA) is 104 Å². The summed E-state index contributed by atoms with van der Waals surface area (Å²) in [7, 11) is 1.35. The molecule has 1 atom stereocenters. The molecule has 0 aliphatic heterocycles. The number of nitrogens with zero attached hydrogens (tertiary/aromatic N) is 1. The summed E-state index contributed by atoms with van der Waals surface area (Å²) in [5.74, 6) is -0.519. The SMILES string of the molecule is COC(=O)C(C)NSc1cc(NC(C)=O)ccc1-c1cnc(-c2ccc(NC(=S)NC(C)C)cc2)s1. The van der Waals surface area contributed by atoms with E-state index in [4.69, 9.17) is 17.0 Å². The van der Waals surface area contributed by atoms with Gasteiger partial charge in [-0.1, -0.05) is 6.07 Å². The maximum absolute atomic E-state index is 11.8. The zero-order valence-electron chi connectivity index (χ0n) is 20.7. The molecular formula is C25H29N5O3S3. The van der Waals surface area contributed by atoms with Crippen LogP contribution >= 0.6 is 35.5 Å². The molecule has 0 aliphatic rings. The molecule has 2 aromatic carbocycles. The van der Waals surface area contributed by atoms with Gasteiger partial charge in [0.25, 0.3) is 0 Å². The second-order valence-corrected chi connectivity index (χ2v) is 10.5. The van der Waals surface area contributed by atoms with E-state index in [9.17, 15) is 9.59 Å². The molecule has 0 bridgehead atoms. The second-order valence-electron chi connectivity index (χ2n) is 8.22. The highest BCUT2D eigenvalue weighted by Crippen LogP contribution is 2.38. The molecule has 0 aliphatic carbocycles. The number of hydrogen-bond donors (Lipinski definition) is 4. The minimum Gasteiger partial charge on any atom is -0.468 e. The number of rotatable bonds is 9. The number of anilines is 2. The predicted octanol–water partition coefficient (Wildman–Crippen LogP) is 5.29. The van der Waals surface area contributed by atoms with Gasteiger partial charge in [0.2, 0.25) is 5.91 Å². The summed E-state index contributed by atoms with van der Waals surface area (Å²) in [5, 5.41) is 10.6. The van der Waals surface area contributed by atoms with Crippen molar-refractivity contribution >= 4 is 63.9 Å². The summed E-state index contributed by atoms with van der Waals surface area (Å²) in [6, 6.07) is 13.3. The van der Waals surface area contributed by atoms with E-state index in [-0.39, 0.29) is 17.9 Å². The summed E-state index contributed by atoms with van der Waals surface area (Å²) >= 11 is 8.17. The van der Waals surface area contributed by atoms with Crippen LogP contribution in [0.1, 0.15) is 27.7 Å². The lowest BCUT2D eigenvalue weighted by Gasteiger charge is -2.14. The number of thiocarbonyl (C=S) groups is 1. The normalized spacial score (nSPS) is 11.6. The summed E-state index contributed by atoms with van der Waals surface area (Å²) < 4.78 is 7.90. The van der Waals surface area contributed by atoms with Crippen LogP contribution in [-0.4, -0.2) is 41.2 Å². The standard InChI is InChI=1S/C25H29N5O3S3/c1-14(2)27-25(34)29-18-8-6-17(7-9-18)23-26-13-22(35-23)20-11-10-19(28-16(4)31)12-21(20)36-30-15(3)24(32)33-5/h6-15,30H,1-5H3,(H,28,31)(H2,27,29,34). The van der Waals surface area contributed by atoms with Crippen molar-refractivity contribution in [3.63, 3.8) is 0 Å². The number of hydrogen-bond acceptors (Lipinski definition) is 8. The van der Waals surface area contributed by atoms with Crippen LogP contribution in [-0.2, 0) is 14.3 Å². The van der Waals surface area contributed by atoms with Crippen molar-refractivity contribution < 1.29 is 14.3 Å². The third kappa shape index (κ3) is 7.76. The Hall–Kier alpha value is -2.99. The number of esters is 1. The van der Waals surface area contributed by atoms with E-state index >= 15 is 0 Å². The van der Waals surface area contributed by atoms with E-state index in [1.165, 1.54) is 26.0 Å². The average Bonchev–Trinajstić information content (AvgIpc) is 3.31. The minimum atomic E-state index is -0.509. The van der Waals surface area contributed by atoms with Gasteiger partial charge < -0.3 is 20.7 Å². The molecule has 4 N–H and O–H groups in total. The molecular weight excluding hydrogens is 515 g/mol. The number of nitrogens with one attached hydrogen (secondary N) is 4. The molecule has 3 aromatic rings. The van der Waals surface area contributed by atoms with Gasteiger partial charge in [-0.2, -0.15) is 0 Å². The van der Waals surface area contributed by atoms with E-state index in [0.717, 1.165) is 31.6 Å². The highest BCUT2D eigenvalue weighted by molar-refractivity contribution is 7.97. The number of benzene rings is 2. The predicted molar refractivity (Wildman–Crippen MR) is 152 cm³/mol. The zero-order valence-corrected chi connectivity index (χ0v) is 23.1. The fraction of sp³-hybridized carbons (Fsp3) is 0.280. The number of carbonyl (C=O) groups is 2. The Balaban J connectivity index is 1.82. The summed E-state index contributed by atoms with van der Waals surface area (Å²) in [6.07, 6.45) is 1.83. The third-order valence-corrected chi connectivity index (χ3v) is 7.11. The Labute approximate surface area is 224 Å². The lowest BCUT2D eigenvalue weighted by Crippen LogP contribution is -2.33. The highest BCUT2D eigenvalue weighted by Gasteiger charge is 2.17. The molecule has 3 rings (SSSR count). The molecule has 36 heavy (non-hydrogen) atoms. The fourth-order valence-electron chi connectivity index (χ4n) is 3.13. The molecule has 1 aromatic heterocycles. The van der Waals surface area contributed by atoms with Gasteiger partial charge in [-0.25, -0.2) is 9.71 Å². The van der Waals surface area contributed by atoms with E-state index in [2.05, 4.69) is 25.7 Å². The minimum absolute atomic E-state index is 0.159. The van der Waals surface area contributed by atoms with Crippen LogP contribution < -0.4 is 20.7 Å². The highest BCUT2D eigenvalue weighted by atomic mass is 32.2. The second kappa shape index (κ2) is 12.8. The summed E-state index contributed by atoms with van der Waals surface area (Å²) in [6.45, 7) is 7.25. The molecule has 0 fully saturated rings. The Morgan fingerprint density at radius 3 is 2.39 bits per heavy atom. The molecule has 1 unspecified atom stereocenters. The lowest BCUT2D eigenvalue weighted by atomic mass is 10.2. The van der Waals surface area contributed by atoms with E-state index in [1.54, 1.807) is 18.3 Å². The quantitative estimate of drug-likeness (QED) is 0.163. The maximum Gasteiger partial charge on any atom is 0.323 e. The van der Waals surface area contributed by atoms with Gasteiger partial charge in [-0.3, -0.25) is 9.59 Å². The Morgan fingerprint density at radius 1 is 1.06 bits per heavy atom. The number of thiazole rings is 1. The zero-order chi connectivity index (χ0) is 26.2. The largest absolute Gasteiger partial charge is 0.468 e. The third-order valence-electron chi connectivity index (χ3n) is 4.78. The van der Waals surface area contributed by atoms with Gasteiger partial charge in [0.15, 0.2) is 5.11 Å². The Kier molecular flexibility index (Phi) is 9.82. The molecule has 0 spiro atoms. The van der Waals surface area contributed by atoms with Crippen molar-refractivity contribution in [3.8, 4) is 21.0 Å². The first kappa shape index (κ1) is 27.6. The van der Waals surface area contributed by atoms with Crippen molar-refractivity contribution in [2.75, 3.05) is 17.7 Å². The number of amides is 1. The first-order valence-corrected chi connectivity index (χ1v) is 13.3. The molecule has 1 heterocycles. The Bertz CT molecular complexity index is 1230. The van der Waals surface area contributed by atoms with Crippen LogP contribution in [0.3, 0.4) is 0 Å². The van der Waals surface area contributed by atoms with Crippen LogP contribution in [0.5, 0.6) is 0 Å². The molecule has 11 heteroatoms. The van der Waals surface area contributed by atoms with Gasteiger partial charge in [-0.05, 0) is 81.3 Å². The fourth-order valence-corrected chi connectivity index (χ4v) is 5.38. The monoisotopic (exact) mass is 543 g/mol. The summed E-state index contributed by atoms with van der Waals surface area (Å²) in [5.41, 5.74) is 3.48. The van der Waals surface area contributed by atoms with E-state index < -0.39 is 6.04 Å². The van der Waals surface area contributed by atoms with E-state index in [0.29, 0.717) is 10.8 Å². The van der Waals surface area contributed by atoms with Crippen molar-refractivity contribution in [3.05, 3.63) is 48.7 Å². The van der Waals surface area contributed by atoms with Crippen LogP contribution in [0.25, 0.3) is 21.0 Å². The van der Waals surface area contributed by atoms with Crippen molar-refractivity contribution in [1.82, 2.24) is 15.0 Å². The van der Waals surface area contributed by atoms with E-state index in [1.807, 2.05) is 62.5 Å². The van der Waals surface area contributed by atoms with Crippen molar-refractivity contribution in [1.29, 1.82) is 0 Å². The molecule has 0 radical (unpaired) electrons. The molecule has 8 nitrogen and oxygen atoms in total. The first-order chi connectivity index (χ1) is 17.2. The maximum atomic E-state index is 11.8. The van der Waals surface area contributed by atoms with Crippen molar-refractivity contribution in [2.45, 2.75) is 44.7 Å². The van der Waals surface area contributed by atoms with Crippen LogP contribution in [0.2, 0.25) is 0 Å². The number of carbonyl (C=O) groups excluding carboxylic acids is 2. The number of aromatic nitrogens is 1. The van der Waals surface area contributed by atoms with Crippen LogP contribution in [0.4, 0.5) is 11.4 Å². The van der Waals surface area contributed by atoms with Gasteiger partial charge in [-0.15, -0.1) is 11.3 Å². The smallest absolute Gasteiger partial charge is 0.323 e. The molecule has 0 saturated heterocycles. The average molecular weight is 544 g/mol. The van der Waals surface area contributed by atoms with Gasteiger partial charge >= 0.3 is 5.97 Å². The number of methoxy groups -OCH3 is 1. The van der Waals surface area contributed by atoms with Gasteiger partial charge in [0, 0.05) is 46.6 Å². The molecule has 0 saturated carbocycles. The van der Waals surface area contributed by atoms with Crippen LogP contribution in [0.15, 0.2) is 53.6 Å². The number of ether oxygens (including phenoxy) is 1.